The van der Waals surface area contributed by atoms with Crippen molar-refractivity contribution in [1.29, 1.82) is 0 Å². The third-order valence-electron chi connectivity index (χ3n) is 2.56. The van der Waals surface area contributed by atoms with Gasteiger partial charge in [-0.1, -0.05) is 18.2 Å². The van der Waals surface area contributed by atoms with Gasteiger partial charge in [-0.2, -0.15) is 0 Å². The molecule has 20 heavy (non-hydrogen) atoms. The number of aliphatic carboxylic acids is 1. The van der Waals surface area contributed by atoms with Crippen molar-refractivity contribution in [3.05, 3.63) is 35.9 Å². The topological polar surface area (TPSA) is 95.5 Å². The Hall–Kier alpha value is -2.59. The molecule has 0 aromatic heterocycles. The molecule has 1 amide bonds. The van der Waals surface area contributed by atoms with Gasteiger partial charge in [0.1, 0.15) is 11.5 Å². The molecule has 0 unspecified atom stereocenters. The van der Waals surface area contributed by atoms with Crippen molar-refractivity contribution >= 4 is 23.5 Å². The van der Waals surface area contributed by atoms with Gasteiger partial charge in [0, 0.05) is 6.42 Å². The average Bonchev–Trinajstić information content (AvgIpc) is 2.45. The number of carbonyl (C=O) groups is 2. The van der Waals surface area contributed by atoms with Crippen LogP contribution in [-0.2, 0) is 14.4 Å². The highest BCUT2D eigenvalue weighted by Gasteiger charge is 2.10. The smallest absolute Gasteiger partial charge is 0.303 e. The minimum atomic E-state index is -0.892. The average molecular weight is 276 g/mol. The summed E-state index contributed by atoms with van der Waals surface area (Å²) in [6.07, 6.45) is 1.10. The normalized spacial score (nSPS) is 9.40. The van der Waals surface area contributed by atoms with Gasteiger partial charge in [0.15, 0.2) is 0 Å². The number of carboxylic acid groups (broad SMARTS) is 1. The van der Waals surface area contributed by atoms with E-state index in [1.54, 1.807) is 30.2 Å². The van der Waals surface area contributed by atoms with E-state index in [-0.39, 0.29) is 18.4 Å². The molecule has 1 aromatic rings. The fourth-order valence-corrected chi connectivity index (χ4v) is 1.51. The number of amides is 1. The van der Waals surface area contributed by atoms with Gasteiger partial charge in [0.05, 0.1) is 5.69 Å². The number of unbranched alkanes of at least 4 members (excludes halogenated alkanes) is 1. The Morgan fingerprint density at radius 1 is 1.10 bits per heavy atom. The van der Waals surface area contributed by atoms with Crippen LogP contribution in [-0.4, -0.2) is 22.9 Å². The van der Waals surface area contributed by atoms with E-state index in [1.807, 2.05) is 6.07 Å². The number of hydrogen-bond donors (Lipinski definition) is 3. The predicted octanol–water partition coefficient (Wildman–Crippen LogP) is 1.53. The summed E-state index contributed by atoms with van der Waals surface area (Å²) in [5, 5.41) is 8.48. The number of rotatable bonds is 8. The number of benzene rings is 1. The summed E-state index contributed by atoms with van der Waals surface area (Å²) in [6, 6.07) is 8.97. The third kappa shape index (κ3) is 5.84. The van der Waals surface area contributed by atoms with E-state index in [0.29, 0.717) is 18.5 Å². The van der Waals surface area contributed by atoms with Crippen molar-refractivity contribution in [3.63, 3.8) is 0 Å². The van der Waals surface area contributed by atoms with E-state index < -0.39 is 11.9 Å². The molecule has 1 rings (SSSR count). The van der Waals surface area contributed by atoms with Crippen molar-refractivity contribution in [2.75, 3.05) is 5.43 Å². The molecule has 0 aliphatic rings. The second kappa shape index (κ2) is 8.50. The quantitative estimate of drug-likeness (QED) is 0.290. The van der Waals surface area contributed by atoms with E-state index >= 15 is 0 Å². The zero-order valence-corrected chi connectivity index (χ0v) is 10.9. The van der Waals surface area contributed by atoms with Crippen LogP contribution in [0.4, 0.5) is 5.69 Å². The first kappa shape index (κ1) is 15.5. The Morgan fingerprint density at radius 3 is 2.35 bits per heavy atom. The van der Waals surface area contributed by atoms with Crippen LogP contribution in [0.1, 0.15) is 25.7 Å². The van der Waals surface area contributed by atoms with Crippen molar-refractivity contribution in [2.45, 2.75) is 25.7 Å². The molecule has 0 atom stereocenters. The summed E-state index contributed by atoms with van der Waals surface area (Å²) in [6.45, 7) is 0. The summed E-state index contributed by atoms with van der Waals surface area (Å²) in [5.41, 5.74) is 5.73. The van der Waals surface area contributed by atoms with Gasteiger partial charge in [0.2, 0.25) is 0 Å². The second-order valence-electron chi connectivity index (χ2n) is 4.13. The minimum absolute atomic E-state index is 0.0238. The van der Waals surface area contributed by atoms with Crippen LogP contribution in [0.2, 0.25) is 0 Å². The molecule has 0 radical (unpaired) electrons. The number of para-hydroxylation sites is 1. The van der Waals surface area contributed by atoms with Crippen LogP contribution < -0.4 is 10.9 Å². The largest absolute Gasteiger partial charge is 0.481 e. The molecule has 0 saturated heterocycles. The number of anilines is 1. The van der Waals surface area contributed by atoms with Gasteiger partial charge in [0.25, 0.3) is 5.91 Å². The summed E-state index contributed by atoms with van der Waals surface area (Å²) in [4.78, 5) is 32.7. The lowest BCUT2D eigenvalue weighted by Gasteiger charge is -2.08. The molecule has 0 aliphatic heterocycles. The van der Waals surface area contributed by atoms with E-state index in [9.17, 15) is 14.4 Å². The molecule has 6 nitrogen and oxygen atoms in total. The van der Waals surface area contributed by atoms with Crippen molar-refractivity contribution in [1.82, 2.24) is 5.43 Å². The maximum absolute atomic E-state index is 11.7. The Balaban J connectivity index is 2.36. The van der Waals surface area contributed by atoms with E-state index in [4.69, 9.17) is 5.11 Å². The van der Waals surface area contributed by atoms with Gasteiger partial charge in [-0.25, -0.2) is 4.79 Å². The van der Waals surface area contributed by atoms with Crippen LogP contribution in [0.15, 0.2) is 35.9 Å². The number of nitrogens with one attached hydrogen (secondary N) is 2. The molecule has 0 bridgehead atoms. The van der Waals surface area contributed by atoms with Crippen LogP contribution >= 0.6 is 0 Å². The zero-order chi connectivity index (χ0) is 14.8. The van der Waals surface area contributed by atoms with E-state index in [2.05, 4.69) is 10.9 Å². The van der Waals surface area contributed by atoms with E-state index in [0.717, 1.165) is 0 Å². The Morgan fingerprint density at radius 2 is 1.75 bits per heavy atom. The molecule has 6 heteroatoms. The molecule has 0 spiro atoms. The highest BCUT2D eigenvalue weighted by atomic mass is 16.4. The van der Waals surface area contributed by atoms with Crippen LogP contribution in [0, 0.1) is 0 Å². The molecule has 0 fully saturated rings. The summed E-state index contributed by atoms with van der Waals surface area (Å²) < 4.78 is 0. The highest BCUT2D eigenvalue weighted by Crippen LogP contribution is 2.08. The first-order chi connectivity index (χ1) is 9.63. The van der Waals surface area contributed by atoms with Crippen molar-refractivity contribution < 1.29 is 19.5 Å². The molecular formula is C14H16N2O4. The van der Waals surface area contributed by atoms with E-state index in [1.165, 1.54) is 0 Å². The Labute approximate surface area is 116 Å². The van der Waals surface area contributed by atoms with Crippen LogP contribution in [0.3, 0.4) is 0 Å². The van der Waals surface area contributed by atoms with Gasteiger partial charge in [-0.3, -0.25) is 20.4 Å². The first-order valence-corrected chi connectivity index (χ1v) is 6.20. The highest BCUT2D eigenvalue weighted by molar-refractivity contribution is 6.01. The molecule has 0 aliphatic carbocycles. The van der Waals surface area contributed by atoms with Gasteiger partial charge in [-0.15, -0.1) is 0 Å². The monoisotopic (exact) mass is 276 g/mol. The summed E-state index contributed by atoms with van der Waals surface area (Å²) in [7, 11) is 0. The SMILES string of the molecule is O=C=C(CCCCC(=O)O)C(=O)NNc1ccccc1. The van der Waals surface area contributed by atoms with Gasteiger partial charge in [-0.05, 0) is 31.4 Å². The number of carboxylic acids is 1. The second-order valence-corrected chi connectivity index (χ2v) is 4.13. The standard InChI is InChI=1S/C14H16N2O4/c17-10-11(6-4-5-9-13(18)19)14(20)16-15-12-7-2-1-3-8-12/h1-3,7-8,15H,4-6,9H2,(H,16,20)(H,18,19). The first-order valence-electron chi connectivity index (χ1n) is 6.20. The Bertz CT molecular complexity index is 507. The number of hydrogen-bond acceptors (Lipinski definition) is 4. The third-order valence-corrected chi connectivity index (χ3v) is 2.56. The molecule has 0 heterocycles. The summed E-state index contributed by atoms with van der Waals surface area (Å²) in [5.74, 6) is 0.145. The lowest BCUT2D eigenvalue weighted by Crippen LogP contribution is -2.30. The zero-order valence-electron chi connectivity index (χ0n) is 10.9. The lowest BCUT2D eigenvalue weighted by atomic mass is 10.1. The lowest BCUT2D eigenvalue weighted by molar-refractivity contribution is -0.137. The van der Waals surface area contributed by atoms with Gasteiger partial charge >= 0.3 is 5.97 Å². The van der Waals surface area contributed by atoms with Gasteiger partial charge < -0.3 is 5.11 Å². The molecule has 106 valence electrons. The maximum atomic E-state index is 11.7. The fraction of sp³-hybridized carbons (Fsp3) is 0.286. The molecular weight excluding hydrogens is 260 g/mol. The summed E-state index contributed by atoms with van der Waals surface area (Å²) >= 11 is 0. The predicted molar refractivity (Wildman–Crippen MR) is 73.5 cm³/mol. The van der Waals surface area contributed by atoms with Crippen molar-refractivity contribution in [3.8, 4) is 0 Å². The Kier molecular flexibility index (Phi) is 6.57. The van der Waals surface area contributed by atoms with Crippen molar-refractivity contribution in [2.24, 2.45) is 0 Å². The van der Waals surface area contributed by atoms with Crippen LogP contribution in [0.5, 0.6) is 0 Å². The van der Waals surface area contributed by atoms with Crippen LogP contribution in [0.25, 0.3) is 0 Å². The minimum Gasteiger partial charge on any atom is -0.481 e. The number of carbonyl (C=O) groups excluding carboxylic acids is 2. The molecule has 0 saturated carbocycles. The molecule has 1 aromatic carbocycles. The molecule has 3 N–H and O–H groups in total. The number of hydrazine groups is 1. The fourth-order valence-electron chi connectivity index (χ4n) is 1.51. The maximum Gasteiger partial charge on any atom is 0.303 e.